The van der Waals surface area contributed by atoms with Crippen LogP contribution in [-0.4, -0.2) is 16.2 Å². The second-order valence-electron chi connectivity index (χ2n) is 3.93. The van der Waals surface area contributed by atoms with Crippen LogP contribution in [0.2, 0.25) is 0 Å². The highest BCUT2D eigenvalue weighted by Crippen LogP contribution is 2.23. The molecule has 0 atom stereocenters. The molecule has 94 valence electrons. The lowest BCUT2D eigenvalue weighted by molar-refractivity contribution is 1.29. The lowest BCUT2D eigenvalue weighted by atomic mass is 10.2. The van der Waals surface area contributed by atoms with Gasteiger partial charge in [0, 0.05) is 41.3 Å². The van der Waals surface area contributed by atoms with Crippen LogP contribution in [0.15, 0.2) is 52.9 Å². The largest absolute Gasteiger partial charge is 0.402 e. The molecule has 0 aliphatic carbocycles. The van der Waals surface area contributed by atoms with E-state index in [4.69, 9.17) is 11.0 Å². The van der Waals surface area contributed by atoms with Crippen molar-refractivity contribution in [3.63, 3.8) is 0 Å². The lowest BCUT2D eigenvalue weighted by Crippen LogP contribution is -1.97. The Bertz CT molecular complexity index is 709. The Balaban J connectivity index is 2.37. The van der Waals surface area contributed by atoms with Gasteiger partial charge in [-0.25, -0.2) is 4.98 Å². The minimum Gasteiger partial charge on any atom is -0.402 e. The molecule has 2 aromatic rings. The Kier molecular flexibility index (Phi) is 3.74. The van der Waals surface area contributed by atoms with Gasteiger partial charge in [-0.3, -0.25) is 4.99 Å². The lowest BCUT2D eigenvalue weighted by Gasteiger charge is -1.98. The summed E-state index contributed by atoms with van der Waals surface area (Å²) in [5.41, 5.74) is 8.65. The van der Waals surface area contributed by atoms with Crippen LogP contribution in [0.25, 0.3) is 11.0 Å². The summed E-state index contributed by atoms with van der Waals surface area (Å²) in [6, 6.07) is 5.67. The van der Waals surface area contributed by atoms with Crippen LogP contribution in [0, 0.1) is 11.3 Å². The van der Waals surface area contributed by atoms with Crippen LogP contribution in [0.1, 0.15) is 6.92 Å². The van der Waals surface area contributed by atoms with Gasteiger partial charge in [0.2, 0.25) is 0 Å². The summed E-state index contributed by atoms with van der Waals surface area (Å²) in [6.45, 7) is 1.77. The molecule has 0 aliphatic rings. The van der Waals surface area contributed by atoms with Crippen LogP contribution in [0.3, 0.4) is 0 Å². The zero-order valence-corrected chi connectivity index (χ0v) is 10.5. The van der Waals surface area contributed by atoms with Crippen LogP contribution < -0.4 is 5.73 Å². The van der Waals surface area contributed by atoms with E-state index in [0.717, 1.165) is 16.7 Å². The molecule has 2 aromatic heterocycles. The first-order valence-electron chi connectivity index (χ1n) is 5.71. The Morgan fingerprint density at radius 2 is 2.37 bits per heavy atom. The van der Waals surface area contributed by atoms with Crippen molar-refractivity contribution < 1.29 is 0 Å². The van der Waals surface area contributed by atoms with Crippen LogP contribution in [0.4, 0.5) is 5.69 Å². The van der Waals surface area contributed by atoms with Crippen LogP contribution in [-0.2, 0) is 0 Å². The number of H-pyrrole nitrogens is 1. The Labute approximate surface area is 110 Å². The van der Waals surface area contributed by atoms with Gasteiger partial charge in [0.1, 0.15) is 5.65 Å². The zero-order chi connectivity index (χ0) is 13.7. The van der Waals surface area contributed by atoms with Crippen molar-refractivity contribution in [2.45, 2.75) is 6.92 Å². The van der Waals surface area contributed by atoms with Crippen molar-refractivity contribution in [1.29, 1.82) is 5.26 Å². The molecule has 2 heterocycles. The number of allylic oxidation sites excluding steroid dienone is 4. The third-order valence-electron chi connectivity index (χ3n) is 2.57. The van der Waals surface area contributed by atoms with E-state index in [1.165, 1.54) is 6.08 Å². The Hall–Kier alpha value is -2.87. The predicted molar refractivity (Wildman–Crippen MR) is 75.9 cm³/mol. The smallest absolute Gasteiger partial charge is 0.139 e. The third kappa shape index (κ3) is 2.87. The normalized spacial score (nSPS) is 13.1. The van der Waals surface area contributed by atoms with E-state index in [1.54, 1.807) is 25.4 Å². The molecule has 19 heavy (non-hydrogen) atoms. The molecule has 0 unspecified atom stereocenters. The van der Waals surface area contributed by atoms with Gasteiger partial charge in [-0.15, -0.1) is 0 Å². The van der Waals surface area contributed by atoms with Crippen LogP contribution in [0.5, 0.6) is 0 Å². The van der Waals surface area contributed by atoms with E-state index in [0.29, 0.717) is 11.3 Å². The van der Waals surface area contributed by atoms with Gasteiger partial charge < -0.3 is 10.7 Å². The summed E-state index contributed by atoms with van der Waals surface area (Å²) < 4.78 is 0. The molecular formula is C14H13N5. The van der Waals surface area contributed by atoms with Crippen molar-refractivity contribution in [3.8, 4) is 6.07 Å². The van der Waals surface area contributed by atoms with Gasteiger partial charge in [0.25, 0.3) is 0 Å². The molecular weight excluding hydrogens is 238 g/mol. The second-order valence-corrected chi connectivity index (χ2v) is 3.93. The van der Waals surface area contributed by atoms with E-state index in [1.807, 2.05) is 24.4 Å². The quantitative estimate of drug-likeness (QED) is 0.499. The molecule has 5 nitrogen and oxygen atoms in total. The number of nitrogens with one attached hydrogen (secondary N) is 1. The number of nitrogens with zero attached hydrogens (tertiary/aromatic N) is 3. The summed E-state index contributed by atoms with van der Waals surface area (Å²) in [5, 5.41) is 9.48. The average Bonchev–Trinajstić information content (AvgIpc) is 2.87. The first kappa shape index (κ1) is 12.6. The molecule has 0 radical (unpaired) electrons. The number of rotatable bonds is 3. The molecule has 0 saturated carbocycles. The average molecular weight is 251 g/mol. The van der Waals surface area contributed by atoms with E-state index in [9.17, 15) is 0 Å². The molecule has 0 saturated heterocycles. The summed E-state index contributed by atoms with van der Waals surface area (Å²) in [7, 11) is 0. The summed E-state index contributed by atoms with van der Waals surface area (Å²) >= 11 is 0. The van der Waals surface area contributed by atoms with Crippen molar-refractivity contribution >= 4 is 22.9 Å². The highest BCUT2D eigenvalue weighted by molar-refractivity contribution is 5.92. The monoisotopic (exact) mass is 251 g/mol. The number of aliphatic imine (C=N–C) groups is 1. The van der Waals surface area contributed by atoms with E-state index in [2.05, 4.69) is 15.0 Å². The van der Waals surface area contributed by atoms with Crippen molar-refractivity contribution in [2.75, 3.05) is 0 Å². The first-order chi connectivity index (χ1) is 9.22. The number of aromatic amines is 1. The molecule has 2 rings (SSSR count). The number of aromatic nitrogens is 2. The topological polar surface area (TPSA) is 90.8 Å². The highest BCUT2D eigenvalue weighted by atomic mass is 14.9. The third-order valence-corrected chi connectivity index (χ3v) is 2.57. The maximum atomic E-state index is 8.54. The van der Waals surface area contributed by atoms with Gasteiger partial charge in [-0.05, 0) is 25.1 Å². The van der Waals surface area contributed by atoms with Gasteiger partial charge in [0.15, 0.2) is 0 Å². The molecule has 0 fully saturated rings. The van der Waals surface area contributed by atoms with Crippen LogP contribution >= 0.6 is 0 Å². The maximum Gasteiger partial charge on any atom is 0.139 e. The number of nitriles is 1. The standard InChI is InChI=1S/C14H13N5/c1-10(16)11(3-2-6-15)9-19-13-5-8-18-14-12(13)4-7-17-14/h2-5,7-9H,16H2,1H3,(H,17,18)/b3-2+,11-10?,19-9?. The fourth-order valence-electron chi connectivity index (χ4n) is 1.60. The minimum absolute atomic E-state index is 0.606. The maximum absolute atomic E-state index is 8.54. The highest BCUT2D eigenvalue weighted by Gasteiger charge is 2.00. The van der Waals surface area contributed by atoms with Gasteiger partial charge >= 0.3 is 0 Å². The molecule has 0 aliphatic heterocycles. The number of hydrogen-bond acceptors (Lipinski definition) is 4. The molecule has 0 spiro atoms. The predicted octanol–water partition coefficient (Wildman–Crippen LogP) is 2.58. The number of pyridine rings is 1. The molecule has 0 amide bonds. The van der Waals surface area contributed by atoms with Crippen molar-refractivity contribution in [1.82, 2.24) is 9.97 Å². The zero-order valence-electron chi connectivity index (χ0n) is 10.5. The fourth-order valence-corrected chi connectivity index (χ4v) is 1.60. The second kappa shape index (κ2) is 5.65. The minimum atomic E-state index is 0.606. The molecule has 0 bridgehead atoms. The van der Waals surface area contributed by atoms with E-state index >= 15 is 0 Å². The number of nitrogens with two attached hydrogens (primary N) is 1. The summed E-state index contributed by atoms with van der Waals surface area (Å²) in [4.78, 5) is 11.6. The first-order valence-corrected chi connectivity index (χ1v) is 5.71. The Morgan fingerprint density at radius 3 is 3.11 bits per heavy atom. The number of fused-ring (bicyclic) bond motifs is 1. The molecule has 0 aromatic carbocycles. The summed E-state index contributed by atoms with van der Waals surface area (Å²) in [5.74, 6) is 0. The fraction of sp³-hybridized carbons (Fsp3) is 0.0714. The van der Waals surface area contributed by atoms with Crippen molar-refractivity contribution in [3.05, 3.63) is 47.9 Å². The van der Waals surface area contributed by atoms with E-state index < -0.39 is 0 Å². The molecule has 5 heteroatoms. The van der Waals surface area contributed by atoms with E-state index in [-0.39, 0.29) is 0 Å². The SMILES string of the molecule is CC(N)=C(C=Nc1ccnc2[nH]ccc12)/C=C/C#N. The Morgan fingerprint density at radius 1 is 1.53 bits per heavy atom. The van der Waals surface area contributed by atoms with Crippen molar-refractivity contribution in [2.24, 2.45) is 10.7 Å². The van der Waals surface area contributed by atoms with Gasteiger partial charge in [0.05, 0.1) is 11.8 Å². The van der Waals surface area contributed by atoms with Gasteiger partial charge in [-0.2, -0.15) is 5.26 Å². The summed E-state index contributed by atoms with van der Waals surface area (Å²) in [6.07, 6.45) is 8.15. The van der Waals surface area contributed by atoms with Gasteiger partial charge in [-0.1, -0.05) is 0 Å². The number of hydrogen-bond donors (Lipinski definition) is 2. The molecule has 3 N–H and O–H groups in total.